The molecule has 6 heteroatoms. The number of rotatable bonds is 6. The number of halogens is 1. The van der Waals surface area contributed by atoms with Gasteiger partial charge in [0.05, 0.1) is 24.1 Å². The first-order valence-electron chi connectivity index (χ1n) is 8.23. The maximum absolute atomic E-state index is 6.20. The van der Waals surface area contributed by atoms with Gasteiger partial charge in [0.15, 0.2) is 11.5 Å². The summed E-state index contributed by atoms with van der Waals surface area (Å²) in [4.78, 5) is 3.75. The second-order valence-electron chi connectivity index (χ2n) is 5.67. The van der Waals surface area contributed by atoms with Crippen molar-refractivity contribution in [3.8, 4) is 11.5 Å². The molecule has 1 fully saturated rings. The van der Waals surface area contributed by atoms with Crippen molar-refractivity contribution in [2.75, 3.05) is 39.9 Å². The number of nitrogens with one attached hydrogen (secondary N) is 1. The van der Waals surface area contributed by atoms with Crippen LogP contribution in [0.4, 0.5) is 0 Å². The summed E-state index contributed by atoms with van der Waals surface area (Å²) in [6.45, 7) is 6.63. The van der Waals surface area contributed by atoms with E-state index in [0.29, 0.717) is 6.61 Å². The fourth-order valence-electron chi connectivity index (χ4n) is 3.10. The summed E-state index contributed by atoms with van der Waals surface area (Å²) < 4.78 is 12.0. The van der Waals surface area contributed by atoms with Crippen LogP contribution in [-0.2, 0) is 0 Å². The number of ether oxygens (including phenoxy) is 2. The highest BCUT2D eigenvalue weighted by molar-refractivity contribution is 7.16. The van der Waals surface area contributed by atoms with Gasteiger partial charge in [-0.2, -0.15) is 0 Å². The van der Waals surface area contributed by atoms with Crippen LogP contribution in [0.3, 0.4) is 0 Å². The minimum Gasteiger partial charge on any atom is -0.493 e. The van der Waals surface area contributed by atoms with Gasteiger partial charge in [0.1, 0.15) is 0 Å². The van der Waals surface area contributed by atoms with Crippen molar-refractivity contribution in [2.45, 2.75) is 13.0 Å². The fraction of sp³-hybridized carbons (Fsp3) is 0.444. The molecule has 0 amide bonds. The first kappa shape index (κ1) is 17.5. The smallest absolute Gasteiger partial charge is 0.161 e. The number of methoxy groups -OCH3 is 1. The highest BCUT2D eigenvalue weighted by Crippen LogP contribution is 2.38. The lowest BCUT2D eigenvalue weighted by molar-refractivity contribution is 0.200. The maximum atomic E-state index is 6.20. The normalized spacial score (nSPS) is 16.8. The largest absolute Gasteiger partial charge is 0.493 e. The van der Waals surface area contributed by atoms with E-state index in [0.717, 1.165) is 42.0 Å². The van der Waals surface area contributed by atoms with Gasteiger partial charge in [0, 0.05) is 31.1 Å². The van der Waals surface area contributed by atoms with E-state index in [9.17, 15) is 0 Å². The van der Waals surface area contributed by atoms with Gasteiger partial charge in [-0.15, -0.1) is 11.3 Å². The molecule has 1 aliphatic rings. The number of hydrogen-bond acceptors (Lipinski definition) is 5. The summed E-state index contributed by atoms with van der Waals surface area (Å²) in [6.07, 6.45) is 0. The third-order valence-electron chi connectivity index (χ3n) is 4.18. The summed E-state index contributed by atoms with van der Waals surface area (Å²) in [5.74, 6) is 1.56. The van der Waals surface area contributed by atoms with Crippen LogP contribution in [0.15, 0.2) is 30.3 Å². The Bertz CT molecular complexity index is 671. The molecular weight excluding hydrogens is 344 g/mol. The summed E-state index contributed by atoms with van der Waals surface area (Å²) >= 11 is 7.84. The molecule has 0 radical (unpaired) electrons. The van der Waals surface area contributed by atoms with Crippen LogP contribution >= 0.6 is 22.9 Å². The van der Waals surface area contributed by atoms with Gasteiger partial charge in [-0.25, -0.2) is 0 Å². The molecule has 3 rings (SSSR count). The molecule has 1 saturated heterocycles. The van der Waals surface area contributed by atoms with Gasteiger partial charge in [0.2, 0.25) is 0 Å². The fourth-order valence-corrected chi connectivity index (χ4v) is 4.32. The monoisotopic (exact) mass is 366 g/mol. The Morgan fingerprint density at radius 2 is 2.00 bits per heavy atom. The zero-order valence-corrected chi connectivity index (χ0v) is 15.6. The Kier molecular flexibility index (Phi) is 6.00. The van der Waals surface area contributed by atoms with Crippen molar-refractivity contribution < 1.29 is 9.47 Å². The molecule has 1 aliphatic heterocycles. The zero-order chi connectivity index (χ0) is 16.9. The molecule has 4 nitrogen and oxygen atoms in total. The van der Waals surface area contributed by atoms with Crippen LogP contribution in [0, 0.1) is 0 Å². The van der Waals surface area contributed by atoms with E-state index in [-0.39, 0.29) is 6.04 Å². The van der Waals surface area contributed by atoms with E-state index in [2.05, 4.69) is 28.4 Å². The molecule has 0 bridgehead atoms. The van der Waals surface area contributed by atoms with E-state index >= 15 is 0 Å². The third-order valence-corrected chi connectivity index (χ3v) is 5.47. The zero-order valence-electron chi connectivity index (χ0n) is 14.0. The molecule has 130 valence electrons. The predicted octanol–water partition coefficient (Wildman–Crippen LogP) is 3.80. The van der Waals surface area contributed by atoms with Gasteiger partial charge in [0.25, 0.3) is 0 Å². The van der Waals surface area contributed by atoms with E-state index in [1.807, 2.05) is 19.1 Å². The number of piperazine rings is 1. The molecule has 0 spiro atoms. The Hall–Kier alpha value is -1.27. The number of nitrogens with zero attached hydrogens (tertiary/aromatic N) is 1. The number of benzene rings is 1. The highest BCUT2D eigenvalue weighted by atomic mass is 35.5. The number of hydrogen-bond donors (Lipinski definition) is 1. The van der Waals surface area contributed by atoms with Crippen molar-refractivity contribution in [1.82, 2.24) is 10.2 Å². The molecule has 2 aromatic rings. The predicted molar refractivity (Wildman–Crippen MR) is 99.8 cm³/mol. The van der Waals surface area contributed by atoms with E-state index in [1.165, 1.54) is 10.4 Å². The van der Waals surface area contributed by atoms with Crippen molar-refractivity contribution in [2.24, 2.45) is 0 Å². The molecule has 1 unspecified atom stereocenters. The molecule has 1 atom stereocenters. The van der Waals surface area contributed by atoms with Crippen LogP contribution in [0.2, 0.25) is 4.34 Å². The van der Waals surface area contributed by atoms with Gasteiger partial charge in [-0.05, 0) is 36.8 Å². The van der Waals surface area contributed by atoms with Crippen LogP contribution in [0.5, 0.6) is 11.5 Å². The molecule has 0 saturated carbocycles. The number of thiophene rings is 1. The van der Waals surface area contributed by atoms with Crippen molar-refractivity contribution in [1.29, 1.82) is 0 Å². The standard InChI is InChI=1S/C18H23ClN2O2S/c1-3-23-14-5-4-13(12-15(14)22-2)18(16-6-7-17(19)24-16)21-10-8-20-9-11-21/h4-7,12,18,20H,3,8-11H2,1-2H3. The average molecular weight is 367 g/mol. The lowest BCUT2D eigenvalue weighted by atomic mass is 10.0. The van der Waals surface area contributed by atoms with Gasteiger partial charge in [-0.1, -0.05) is 17.7 Å². The van der Waals surface area contributed by atoms with Crippen LogP contribution < -0.4 is 14.8 Å². The van der Waals surface area contributed by atoms with E-state index < -0.39 is 0 Å². The summed E-state index contributed by atoms with van der Waals surface area (Å²) in [7, 11) is 1.68. The Balaban J connectivity index is 1.98. The summed E-state index contributed by atoms with van der Waals surface area (Å²) in [6, 6.07) is 10.5. The molecule has 24 heavy (non-hydrogen) atoms. The van der Waals surface area contributed by atoms with Crippen LogP contribution in [0.1, 0.15) is 23.4 Å². The average Bonchev–Trinajstić information content (AvgIpc) is 3.03. The summed E-state index contributed by atoms with van der Waals surface area (Å²) in [5, 5.41) is 3.42. The first-order chi connectivity index (χ1) is 11.7. The molecule has 2 heterocycles. The Morgan fingerprint density at radius 1 is 1.21 bits per heavy atom. The van der Waals surface area contributed by atoms with Crippen molar-refractivity contribution in [3.63, 3.8) is 0 Å². The minimum atomic E-state index is 0.189. The lowest BCUT2D eigenvalue weighted by Gasteiger charge is -2.35. The molecule has 1 aromatic carbocycles. The second kappa shape index (κ2) is 8.21. The van der Waals surface area contributed by atoms with Gasteiger partial charge >= 0.3 is 0 Å². The van der Waals surface area contributed by atoms with Gasteiger partial charge in [-0.3, -0.25) is 4.90 Å². The van der Waals surface area contributed by atoms with Crippen LogP contribution in [0.25, 0.3) is 0 Å². The lowest BCUT2D eigenvalue weighted by Crippen LogP contribution is -2.45. The molecule has 1 N–H and O–H groups in total. The quantitative estimate of drug-likeness (QED) is 0.843. The Labute approximate surface area is 152 Å². The van der Waals surface area contributed by atoms with Crippen LogP contribution in [-0.4, -0.2) is 44.8 Å². The molecular formula is C18H23ClN2O2S. The second-order valence-corrected chi connectivity index (χ2v) is 7.42. The maximum Gasteiger partial charge on any atom is 0.161 e. The first-order valence-corrected chi connectivity index (χ1v) is 9.43. The topological polar surface area (TPSA) is 33.7 Å². The van der Waals surface area contributed by atoms with Crippen molar-refractivity contribution >= 4 is 22.9 Å². The molecule has 0 aliphatic carbocycles. The Morgan fingerprint density at radius 3 is 2.62 bits per heavy atom. The summed E-state index contributed by atoms with van der Waals surface area (Å²) in [5.41, 5.74) is 1.20. The highest BCUT2D eigenvalue weighted by Gasteiger charge is 2.26. The van der Waals surface area contributed by atoms with E-state index in [4.69, 9.17) is 21.1 Å². The van der Waals surface area contributed by atoms with Gasteiger partial charge < -0.3 is 14.8 Å². The minimum absolute atomic E-state index is 0.189. The third kappa shape index (κ3) is 3.86. The molecule has 1 aromatic heterocycles. The van der Waals surface area contributed by atoms with E-state index in [1.54, 1.807) is 18.4 Å². The van der Waals surface area contributed by atoms with Crippen molar-refractivity contribution in [3.05, 3.63) is 45.1 Å². The SMILES string of the molecule is CCOc1ccc(C(c2ccc(Cl)s2)N2CCNCC2)cc1OC.